The molecule has 0 N–H and O–H groups in total. The molecule has 0 atom stereocenters. The standard InChI is InChI=1S/C25H22FN5O2/c1-33-19-8-4-7-17(14-19)25(32)30-13-10-22-20(16-30)23(24-27-11-5-12-28-24)29-31(22)15-18-6-2-3-9-21(18)26/h2-9,11-12,14H,10,13,15-16H2,1H3. The Bertz CT molecular complexity index is 1310. The summed E-state index contributed by atoms with van der Waals surface area (Å²) in [5, 5.41) is 4.76. The van der Waals surface area contributed by atoms with Gasteiger partial charge in [-0.25, -0.2) is 14.4 Å². The molecule has 1 amide bonds. The summed E-state index contributed by atoms with van der Waals surface area (Å²) in [5.41, 5.74) is 3.59. The lowest BCUT2D eigenvalue weighted by atomic mass is 10.0. The Morgan fingerprint density at radius 3 is 2.70 bits per heavy atom. The van der Waals surface area contributed by atoms with Crippen molar-refractivity contribution >= 4 is 5.91 Å². The van der Waals surface area contributed by atoms with E-state index >= 15 is 0 Å². The van der Waals surface area contributed by atoms with Gasteiger partial charge in [0.25, 0.3) is 5.91 Å². The van der Waals surface area contributed by atoms with E-state index in [4.69, 9.17) is 9.84 Å². The number of rotatable bonds is 5. The highest BCUT2D eigenvalue weighted by atomic mass is 19.1. The highest BCUT2D eigenvalue weighted by Crippen LogP contribution is 2.30. The Labute approximate surface area is 190 Å². The van der Waals surface area contributed by atoms with Crippen LogP contribution in [0.15, 0.2) is 67.0 Å². The molecule has 33 heavy (non-hydrogen) atoms. The molecule has 5 rings (SSSR count). The average molecular weight is 443 g/mol. The van der Waals surface area contributed by atoms with Gasteiger partial charge in [0, 0.05) is 47.7 Å². The van der Waals surface area contributed by atoms with Gasteiger partial charge < -0.3 is 9.64 Å². The topological polar surface area (TPSA) is 73.1 Å². The largest absolute Gasteiger partial charge is 0.497 e. The fraction of sp³-hybridized carbons (Fsp3) is 0.200. The van der Waals surface area contributed by atoms with E-state index in [-0.39, 0.29) is 11.7 Å². The fourth-order valence-electron chi connectivity index (χ4n) is 4.12. The summed E-state index contributed by atoms with van der Waals surface area (Å²) in [4.78, 5) is 23.8. The minimum absolute atomic E-state index is 0.0821. The molecule has 0 fully saturated rings. The maximum Gasteiger partial charge on any atom is 0.254 e. The van der Waals surface area contributed by atoms with Gasteiger partial charge in [-0.1, -0.05) is 24.3 Å². The number of hydrogen-bond donors (Lipinski definition) is 0. The first-order valence-electron chi connectivity index (χ1n) is 10.7. The second-order valence-corrected chi connectivity index (χ2v) is 7.80. The Morgan fingerprint density at radius 1 is 1.09 bits per heavy atom. The van der Waals surface area contributed by atoms with Gasteiger partial charge in [-0.05, 0) is 30.3 Å². The highest BCUT2D eigenvalue weighted by molar-refractivity contribution is 5.94. The van der Waals surface area contributed by atoms with Gasteiger partial charge >= 0.3 is 0 Å². The number of aromatic nitrogens is 4. The molecule has 1 aliphatic heterocycles. The molecule has 0 spiro atoms. The second kappa shape index (κ2) is 8.82. The predicted octanol–water partition coefficient (Wildman–Crippen LogP) is 3.73. The number of carbonyl (C=O) groups excluding carboxylic acids is 1. The van der Waals surface area contributed by atoms with E-state index in [0.29, 0.717) is 54.4 Å². The normalized spacial score (nSPS) is 13.0. The van der Waals surface area contributed by atoms with Gasteiger partial charge in [0.15, 0.2) is 5.82 Å². The molecule has 0 aliphatic carbocycles. The van der Waals surface area contributed by atoms with Gasteiger partial charge in [-0.3, -0.25) is 9.48 Å². The SMILES string of the molecule is COc1cccc(C(=O)N2CCc3c(c(-c4ncccn4)nn3Cc3ccccc3F)C2)c1. The van der Waals surface area contributed by atoms with E-state index in [1.165, 1.54) is 6.07 Å². The van der Waals surface area contributed by atoms with Crippen molar-refractivity contribution in [1.29, 1.82) is 0 Å². The van der Waals surface area contributed by atoms with E-state index in [0.717, 1.165) is 11.3 Å². The number of methoxy groups -OCH3 is 1. The molecule has 166 valence electrons. The quantitative estimate of drug-likeness (QED) is 0.470. The van der Waals surface area contributed by atoms with Crippen molar-refractivity contribution in [1.82, 2.24) is 24.6 Å². The zero-order chi connectivity index (χ0) is 22.8. The van der Waals surface area contributed by atoms with Crippen LogP contribution >= 0.6 is 0 Å². The van der Waals surface area contributed by atoms with Crippen LogP contribution < -0.4 is 4.74 Å². The maximum absolute atomic E-state index is 14.3. The first-order valence-corrected chi connectivity index (χ1v) is 10.7. The third-order valence-electron chi connectivity index (χ3n) is 5.79. The zero-order valence-corrected chi connectivity index (χ0v) is 18.1. The number of halogens is 1. The van der Waals surface area contributed by atoms with E-state index in [1.807, 2.05) is 16.8 Å². The van der Waals surface area contributed by atoms with Crippen LogP contribution in [0.3, 0.4) is 0 Å². The first kappa shape index (κ1) is 20.8. The van der Waals surface area contributed by atoms with Crippen LogP contribution in [0.5, 0.6) is 5.75 Å². The number of carbonyl (C=O) groups is 1. The number of nitrogens with zero attached hydrogens (tertiary/aromatic N) is 5. The number of fused-ring (bicyclic) bond motifs is 1. The van der Waals surface area contributed by atoms with Crippen molar-refractivity contribution in [3.05, 3.63) is 95.2 Å². The molecular formula is C25H22FN5O2. The van der Waals surface area contributed by atoms with Gasteiger partial charge in [0.05, 0.1) is 20.2 Å². The van der Waals surface area contributed by atoms with Crippen molar-refractivity contribution in [3.63, 3.8) is 0 Å². The summed E-state index contributed by atoms with van der Waals surface area (Å²) < 4.78 is 21.4. The lowest BCUT2D eigenvalue weighted by Crippen LogP contribution is -2.36. The van der Waals surface area contributed by atoms with Gasteiger partial charge in [0.2, 0.25) is 0 Å². The van der Waals surface area contributed by atoms with Crippen molar-refractivity contribution < 1.29 is 13.9 Å². The summed E-state index contributed by atoms with van der Waals surface area (Å²) in [7, 11) is 1.58. The number of ether oxygens (including phenoxy) is 1. The third kappa shape index (κ3) is 4.07. The summed E-state index contributed by atoms with van der Waals surface area (Å²) in [6.45, 7) is 1.20. The molecule has 7 nitrogen and oxygen atoms in total. The third-order valence-corrected chi connectivity index (χ3v) is 5.79. The van der Waals surface area contributed by atoms with Crippen LogP contribution in [-0.2, 0) is 19.5 Å². The molecular weight excluding hydrogens is 421 g/mol. The van der Waals surface area contributed by atoms with Crippen molar-refractivity contribution in [2.75, 3.05) is 13.7 Å². The molecule has 0 unspecified atom stereocenters. The Kier molecular flexibility index (Phi) is 5.56. The van der Waals surface area contributed by atoms with E-state index in [1.54, 1.807) is 60.8 Å². The van der Waals surface area contributed by atoms with E-state index in [2.05, 4.69) is 9.97 Å². The number of benzene rings is 2. The van der Waals surface area contributed by atoms with Gasteiger partial charge in [-0.2, -0.15) is 5.10 Å². The summed E-state index contributed by atoms with van der Waals surface area (Å²) >= 11 is 0. The van der Waals surface area contributed by atoms with Crippen molar-refractivity contribution in [2.24, 2.45) is 0 Å². The van der Waals surface area contributed by atoms with Gasteiger partial charge in [-0.15, -0.1) is 0 Å². The molecule has 3 heterocycles. The minimum Gasteiger partial charge on any atom is -0.497 e. The second-order valence-electron chi connectivity index (χ2n) is 7.80. The van der Waals surface area contributed by atoms with Crippen LogP contribution in [0.1, 0.15) is 27.2 Å². The number of amides is 1. The average Bonchev–Trinajstić information content (AvgIpc) is 3.23. The van der Waals surface area contributed by atoms with Crippen molar-refractivity contribution in [2.45, 2.75) is 19.5 Å². The minimum atomic E-state index is -0.273. The van der Waals surface area contributed by atoms with Gasteiger partial charge in [0.1, 0.15) is 17.3 Å². The summed E-state index contributed by atoms with van der Waals surface area (Å²) in [6, 6.07) is 15.5. The lowest BCUT2D eigenvalue weighted by Gasteiger charge is -2.28. The van der Waals surface area contributed by atoms with Crippen LogP contribution in [0.2, 0.25) is 0 Å². The maximum atomic E-state index is 14.3. The Hall–Kier alpha value is -4.07. The molecule has 8 heteroatoms. The smallest absolute Gasteiger partial charge is 0.254 e. The van der Waals surface area contributed by atoms with E-state index in [9.17, 15) is 9.18 Å². The zero-order valence-electron chi connectivity index (χ0n) is 18.1. The van der Waals surface area contributed by atoms with Crippen LogP contribution in [0.25, 0.3) is 11.5 Å². The summed E-state index contributed by atoms with van der Waals surface area (Å²) in [5.74, 6) is 0.762. The monoisotopic (exact) mass is 443 g/mol. The number of hydrogen-bond acceptors (Lipinski definition) is 5. The summed E-state index contributed by atoms with van der Waals surface area (Å²) in [6.07, 6.45) is 3.92. The predicted molar refractivity (Wildman–Crippen MR) is 120 cm³/mol. The Balaban J connectivity index is 1.51. The molecule has 4 aromatic rings. The highest BCUT2D eigenvalue weighted by Gasteiger charge is 2.29. The fourth-order valence-corrected chi connectivity index (χ4v) is 4.12. The van der Waals surface area contributed by atoms with Crippen LogP contribution in [0, 0.1) is 5.82 Å². The van der Waals surface area contributed by atoms with Crippen LogP contribution in [-0.4, -0.2) is 44.2 Å². The molecule has 2 aromatic carbocycles. The van der Waals surface area contributed by atoms with Crippen LogP contribution in [0.4, 0.5) is 4.39 Å². The molecule has 1 aliphatic rings. The Morgan fingerprint density at radius 2 is 1.91 bits per heavy atom. The molecule has 0 saturated carbocycles. The molecule has 0 bridgehead atoms. The first-order chi connectivity index (χ1) is 16.1. The van der Waals surface area contributed by atoms with Crippen molar-refractivity contribution in [3.8, 4) is 17.3 Å². The molecule has 2 aromatic heterocycles. The lowest BCUT2D eigenvalue weighted by molar-refractivity contribution is 0.0733. The van der Waals surface area contributed by atoms with E-state index < -0.39 is 0 Å². The molecule has 0 saturated heterocycles. The molecule has 0 radical (unpaired) electrons.